The van der Waals surface area contributed by atoms with Crippen molar-refractivity contribution in [3.05, 3.63) is 33.8 Å². The molecule has 118 valence electrons. The maximum Gasteiger partial charge on any atom is 0.0595 e. The Kier molecular flexibility index (Phi) is 5.99. The fraction of sp³-hybridized carbons (Fsp3) is 0.667. The van der Waals surface area contributed by atoms with Gasteiger partial charge >= 0.3 is 0 Å². The Morgan fingerprint density at radius 3 is 2.33 bits per heavy atom. The van der Waals surface area contributed by atoms with Crippen molar-refractivity contribution >= 4 is 23.2 Å². The molecule has 1 nitrogen and oxygen atoms in total. The van der Waals surface area contributed by atoms with Crippen molar-refractivity contribution in [2.24, 2.45) is 11.3 Å². The average molecular weight is 328 g/mol. The van der Waals surface area contributed by atoms with Gasteiger partial charge in [0.15, 0.2) is 0 Å². The number of rotatable bonds is 5. The van der Waals surface area contributed by atoms with Gasteiger partial charge < -0.3 is 5.32 Å². The van der Waals surface area contributed by atoms with Crippen LogP contribution in [0, 0.1) is 11.3 Å². The predicted molar refractivity (Wildman–Crippen MR) is 93.1 cm³/mol. The van der Waals surface area contributed by atoms with Crippen LogP contribution in [-0.4, -0.2) is 6.04 Å². The molecule has 1 aliphatic rings. The quantitative estimate of drug-likeness (QED) is 0.691. The smallest absolute Gasteiger partial charge is 0.0595 e. The molecule has 1 saturated carbocycles. The van der Waals surface area contributed by atoms with E-state index in [4.69, 9.17) is 23.2 Å². The first-order valence-corrected chi connectivity index (χ1v) is 8.85. The van der Waals surface area contributed by atoms with Crippen LogP contribution in [-0.2, 0) is 6.54 Å². The van der Waals surface area contributed by atoms with E-state index in [0.29, 0.717) is 21.5 Å². The first-order valence-electron chi connectivity index (χ1n) is 8.09. The Balaban J connectivity index is 1.80. The van der Waals surface area contributed by atoms with Gasteiger partial charge in [-0.15, -0.1) is 0 Å². The summed E-state index contributed by atoms with van der Waals surface area (Å²) in [5.41, 5.74) is 1.70. The van der Waals surface area contributed by atoms with Gasteiger partial charge in [-0.1, -0.05) is 56.5 Å². The Labute approximate surface area is 139 Å². The first-order chi connectivity index (χ1) is 9.92. The zero-order valence-corrected chi connectivity index (χ0v) is 14.9. The zero-order chi connectivity index (χ0) is 15.5. The molecule has 21 heavy (non-hydrogen) atoms. The largest absolute Gasteiger partial charge is 0.310 e. The highest BCUT2D eigenvalue weighted by molar-refractivity contribution is 6.42. The van der Waals surface area contributed by atoms with Crippen LogP contribution >= 0.6 is 23.2 Å². The van der Waals surface area contributed by atoms with Crippen molar-refractivity contribution in [1.29, 1.82) is 0 Å². The standard InChI is InChI=1S/C18H27Cl2N/c1-4-18(2,3)14-6-8-15(9-7-14)21-12-13-5-10-16(19)17(20)11-13/h5,10-11,14-15,21H,4,6-9,12H2,1-3H3. The Hall–Kier alpha value is -0.240. The third-order valence-corrected chi connectivity index (χ3v) is 6.06. The fourth-order valence-corrected chi connectivity index (χ4v) is 3.60. The highest BCUT2D eigenvalue weighted by Crippen LogP contribution is 2.40. The number of hydrogen-bond donors (Lipinski definition) is 1. The van der Waals surface area contributed by atoms with Gasteiger partial charge in [-0.2, -0.15) is 0 Å². The van der Waals surface area contributed by atoms with E-state index in [9.17, 15) is 0 Å². The van der Waals surface area contributed by atoms with Crippen LogP contribution in [0.3, 0.4) is 0 Å². The van der Waals surface area contributed by atoms with Crippen molar-refractivity contribution in [2.75, 3.05) is 0 Å². The second-order valence-corrected chi connectivity index (χ2v) is 7.83. The van der Waals surface area contributed by atoms with Crippen LogP contribution < -0.4 is 5.32 Å². The minimum absolute atomic E-state index is 0.495. The molecule has 0 radical (unpaired) electrons. The van der Waals surface area contributed by atoms with Crippen molar-refractivity contribution in [3.63, 3.8) is 0 Å². The van der Waals surface area contributed by atoms with Crippen LogP contribution in [0.5, 0.6) is 0 Å². The molecule has 0 atom stereocenters. The molecule has 0 bridgehead atoms. The van der Waals surface area contributed by atoms with Crippen molar-refractivity contribution in [2.45, 2.75) is 65.5 Å². The molecular formula is C18H27Cl2N. The van der Waals surface area contributed by atoms with E-state index in [2.05, 4.69) is 26.1 Å². The SMILES string of the molecule is CCC(C)(C)C1CCC(NCc2ccc(Cl)c(Cl)c2)CC1. The lowest BCUT2D eigenvalue weighted by atomic mass is 9.69. The summed E-state index contributed by atoms with van der Waals surface area (Å²) in [6.45, 7) is 8.03. The van der Waals surface area contributed by atoms with E-state index in [1.807, 2.05) is 18.2 Å². The lowest BCUT2D eigenvalue weighted by Crippen LogP contribution is -2.36. The monoisotopic (exact) mass is 327 g/mol. The van der Waals surface area contributed by atoms with Gasteiger partial charge in [0.2, 0.25) is 0 Å². The number of halogens is 2. The lowest BCUT2D eigenvalue weighted by molar-refractivity contribution is 0.137. The Bertz CT molecular complexity index is 462. The molecule has 0 heterocycles. The Morgan fingerprint density at radius 1 is 1.10 bits per heavy atom. The lowest BCUT2D eigenvalue weighted by Gasteiger charge is -2.39. The van der Waals surface area contributed by atoms with Crippen LogP contribution in [0.4, 0.5) is 0 Å². The summed E-state index contributed by atoms with van der Waals surface area (Å²) in [5.74, 6) is 0.880. The maximum absolute atomic E-state index is 6.06. The summed E-state index contributed by atoms with van der Waals surface area (Å²) in [4.78, 5) is 0. The molecule has 0 amide bonds. The summed E-state index contributed by atoms with van der Waals surface area (Å²) >= 11 is 12.0. The molecule has 1 aliphatic carbocycles. The van der Waals surface area contributed by atoms with Crippen LogP contribution in [0.2, 0.25) is 10.0 Å². The number of nitrogens with one attached hydrogen (secondary N) is 1. The van der Waals surface area contributed by atoms with Gasteiger partial charge in [0, 0.05) is 12.6 Å². The van der Waals surface area contributed by atoms with Gasteiger partial charge in [0.1, 0.15) is 0 Å². The molecule has 3 heteroatoms. The third-order valence-electron chi connectivity index (χ3n) is 5.32. The van der Waals surface area contributed by atoms with Gasteiger partial charge in [-0.05, 0) is 54.7 Å². The number of hydrogen-bond acceptors (Lipinski definition) is 1. The van der Waals surface area contributed by atoms with E-state index in [-0.39, 0.29) is 0 Å². The van der Waals surface area contributed by atoms with Gasteiger partial charge in [0.25, 0.3) is 0 Å². The molecule has 1 N–H and O–H groups in total. The maximum atomic E-state index is 6.06. The predicted octanol–water partition coefficient (Wildman–Crippen LogP) is 6.08. The van der Waals surface area contributed by atoms with Crippen LogP contribution in [0.1, 0.15) is 58.4 Å². The first kappa shape index (κ1) is 17.1. The van der Waals surface area contributed by atoms with Gasteiger partial charge in [0.05, 0.1) is 10.0 Å². The summed E-state index contributed by atoms with van der Waals surface area (Å²) in [6, 6.07) is 6.53. The topological polar surface area (TPSA) is 12.0 Å². The normalized spacial score (nSPS) is 23.3. The molecule has 1 aromatic rings. The third kappa shape index (κ3) is 4.61. The van der Waals surface area contributed by atoms with E-state index < -0.39 is 0 Å². The minimum atomic E-state index is 0.495. The summed E-state index contributed by atoms with van der Waals surface area (Å²) in [6.07, 6.45) is 6.55. The van der Waals surface area contributed by atoms with E-state index in [1.54, 1.807) is 0 Å². The molecular weight excluding hydrogens is 301 g/mol. The Morgan fingerprint density at radius 2 is 1.76 bits per heavy atom. The van der Waals surface area contributed by atoms with E-state index >= 15 is 0 Å². The van der Waals surface area contributed by atoms with Crippen LogP contribution in [0.25, 0.3) is 0 Å². The van der Waals surface area contributed by atoms with Gasteiger partial charge in [-0.3, -0.25) is 0 Å². The fourth-order valence-electron chi connectivity index (χ4n) is 3.28. The van der Waals surface area contributed by atoms with Crippen molar-refractivity contribution in [3.8, 4) is 0 Å². The molecule has 2 rings (SSSR count). The average Bonchev–Trinajstić information content (AvgIpc) is 2.49. The summed E-state index contributed by atoms with van der Waals surface area (Å²) in [7, 11) is 0. The van der Waals surface area contributed by atoms with Crippen molar-refractivity contribution in [1.82, 2.24) is 5.32 Å². The molecule has 0 unspecified atom stereocenters. The van der Waals surface area contributed by atoms with Gasteiger partial charge in [-0.25, -0.2) is 0 Å². The molecule has 0 aliphatic heterocycles. The zero-order valence-electron chi connectivity index (χ0n) is 13.4. The molecule has 0 aromatic heterocycles. The highest BCUT2D eigenvalue weighted by atomic mass is 35.5. The summed E-state index contributed by atoms with van der Waals surface area (Å²) < 4.78 is 0. The summed E-state index contributed by atoms with van der Waals surface area (Å²) in [5, 5.41) is 4.94. The molecule has 0 spiro atoms. The van der Waals surface area contributed by atoms with E-state index in [1.165, 1.54) is 37.7 Å². The molecule has 0 saturated heterocycles. The van der Waals surface area contributed by atoms with E-state index in [0.717, 1.165) is 12.5 Å². The van der Waals surface area contributed by atoms with Crippen molar-refractivity contribution < 1.29 is 0 Å². The molecule has 1 aromatic carbocycles. The van der Waals surface area contributed by atoms with Crippen LogP contribution in [0.15, 0.2) is 18.2 Å². The minimum Gasteiger partial charge on any atom is -0.310 e. The molecule has 1 fully saturated rings. The second kappa shape index (κ2) is 7.35. The number of benzene rings is 1. The highest BCUT2D eigenvalue weighted by Gasteiger charge is 2.31. The second-order valence-electron chi connectivity index (χ2n) is 7.02.